The zero-order valence-corrected chi connectivity index (χ0v) is 20.1. The standard InChI is InChI=1S/C23H30ClN3O4S/c1-31-22-13-12-20(17-21(22)24)27(32(2,29)30)16-6-7-23(28)25-18-8-10-19(11-9-18)26-14-4-3-5-15-26/h8-13,17H,3-7,14-16H2,1-2H3,(H,25,28). The summed E-state index contributed by atoms with van der Waals surface area (Å²) < 4.78 is 30.9. The lowest BCUT2D eigenvalue weighted by Gasteiger charge is -2.28. The third-order valence-corrected chi connectivity index (χ3v) is 6.95. The van der Waals surface area contributed by atoms with E-state index in [-0.39, 0.29) is 18.9 Å². The highest BCUT2D eigenvalue weighted by atomic mass is 35.5. The minimum Gasteiger partial charge on any atom is -0.495 e. The van der Waals surface area contributed by atoms with Crippen LogP contribution in [0.4, 0.5) is 17.1 Å². The predicted octanol–water partition coefficient (Wildman–Crippen LogP) is 4.52. The van der Waals surface area contributed by atoms with Gasteiger partial charge < -0.3 is 15.0 Å². The maximum Gasteiger partial charge on any atom is 0.232 e. The summed E-state index contributed by atoms with van der Waals surface area (Å²) in [4.78, 5) is 14.7. The Bertz CT molecular complexity index is 1020. The fourth-order valence-electron chi connectivity index (χ4n) is 3.81. The van der Waals surface area contributed by atoms with Crippen molar-refractivity contribution in [2.75, 3.05) is 47.5 Å². The molecule has 0 radical (unpaired) electrons. The number of rotatable bonds is 9. The van der Waals surface area contributed by atoms with Crippen LogP contribution < -0.4 is 19.3 Å². The Hall–Kier alpha value is -2.45. The molecule has 1 amide bonds. The highest BCUT2D eigenvalue weighted by molar-refractivity contribution is 7.92. The normalized spacial score (nSPS) is 14.2. The van der Waals surface area contributed by atoms with Crippen LogP contribution in [0.1, 0.15) is 32.1 Å². The van der Waals surface area contributed by atoms with Gasteiger partial charge in [-0.25, -0.2) is 8.42 Å². The van der Waals surface area contributed by atoms with Crippen LogP contribution in [0.25, 0.3) is 0 Å². The number of amides is 1. The molecule has 1 aliphatic heterocycles. The van der Waals surface area contributed by atoms with Crippen LogP contribution in [0.3, 0.4) is 0 Å². The molecule has 0 spiro atoms. The van der Waals surface area contributed by atoms with Crippen LogP contribution in [0.15, 0.2) is 42.5 Å². The van der Waals surface area contributed by atoms with Gasteiger partial charge in [0.25, 0.3) is 0 Å². The number of halogens is 1. The molecule has 174 valence electrons. The molecule has 0 aromatic heterocycles. The van der Waals surface area contributed by atoms with Gasteiger partial charge in [0.05, 0.1) is 24.1 Å². The number of nitrogens with one attached hydrogen (secondary N) is 1. The second-order valence-corrected chi connectivity index (χ2v) is 10.2. The molecule has 0 atom stereocenters. The summed E-state index contributed by atoms with van der Waals surface area (Å²) in [5.74, 6) is 0.312. The number of hydrogen-bond acceptors (Lipinski definition) is 5. The monoisotopic (exact) mass is 479 g/mol. The summed E-state index contributed by atoms with van der Waals surface area (Å²) in [5, 5.41) is 3.21. The summed E-state index contributed by atoms with van der Waals surface area (Å²) in [6.45, 7) is 2.31. The summed E-state index contributed by atoms with van der Waals surface area (Å²) in [5.41, 5.74) is 2.34. The lowest BCUT2D eigenvalue weighted by molar-refractivity contribution is -0.116. The largest absolute Gasteiger partial charge is 0.495 e. The van der Waals surface area contributed by atoms with Crippen molar-refractivity contribution in [3.8, 4) is 5.75 Å². The quantitative estimate of drug-likeness (QED) is 0.571. The molecule has 0 unspecified atom stereocenters. The fourth-order valence-corrected chi connectivity index (χ4v) is 5.02. The molecule has 1 fully saturated rings. The van der Waals surface area contributed by atoms with Crippen LogP contribution in [0, 0.1) is 0 Å². The van der Waals surface area contributed by atoms with Crippen LogP contribution >= 0.6 is 11.6 Å². The van der Waals surface area contributed by atoms with E-state index in [1.54, 1.807) is 18.2 Å². The topological polar surface area (TPSA) is 79.0 Å². The maximum atomic E-state index is 12.4. The van der Waals surface area contributed by atoms with E-state index in [4.69, 9.17) is 16.3 Å². The van der Waals surface area contributed by atoms with Gasteiger partial charge >= 0.3 is 0 Å². The maximum absolute atomic E-state index is 12.4. The number of nitrogens with zero attached hydrogens (tertiary/aromatic N) is 2. The molecule has 1 heterocycles. The number of sulfonamides is 1. The number of carbonyl (C=O) groups is 1. The number of ether oxygens (including phenoxy) is 1. The van der Waals surface area contributed by atoms with Crippen molar-refractivity contribution in [1.29, 1.82) is 0 Å². The van der Waals surface area contributed by atoms with Gasteiger partial charge in [-0.3, -0.25) is 9.10 Å². The van der Waals surface area contributed by atoms with Crippen molar-refractivity contribution in [3.05, 3.63) is 47.5 Å². The molecule has 9 heteroatoms. The highest BCUT2D eigenvalue weighted by Crippen LogP contribution is 2.30. The van der Waals surface area contributed by atoms with Gasteiger partial charge in [0.2, 0.25) is 15.9 Å². The molecular weight excluding hydrogens is 450 g/mol. The molecule has 0 bridgehead atoms. The summed E-state index contributed by atoms with van der Waals surface area (Å²) in [7, 11) is -2.03. The summed E-state index contributed by atoms with van der Waals surface area (Å²) in [6, 6.07) is 12.7. The van der Waals surface area contributed by atoms with E-state index in [1.165, 1.54) is 36.4 Å². The third-order valence-electron chi connectivity index (χ3n) is 5.46. The zero-order valence-electron chi connectivity index (χ0n) is 18.5. The second-order valence-electron chi connectivity index (χ2n) is 7.90. The van der Waals surface area contributed by atoms with Crippen molar-refractivity contribution in [1.82, 2.24) is 0 Å². The van der Waals surface area contributed by atoms with Crippen molar-refractivity contribution in [3.63, 3.8) is 0 Å². The minimum absolute atomic E-state index is 0.156. The molecule has 3 rings (SSSR count). The number of hydrogen-bond donors (Lipinski definition) is 1. The smallest absolute Gasteiger partial charge is 0.232 e. The number of piperidine rings is 1. The molecule has 32 heavy (non-hydrogen) atoms. The Kier molecular flexibility index (Phi) is 8.26. The molecule has 2 aromatic carbocycles. The summed E-state index contributed by atoms with van der Waals surface area (Å²) >= 11 is 6.15. The Morgan fingerprint density at radius 1 is 1.12 bits per heavy atom. The Morgan fingerprint density at radius 3 is 2.41 bits per heavy atom. The molecule has 2 aromatic rings. The number of carbonyl (C=O) groups excluding carboxylic acids is 1. The van der Waals surface area contributed by atoms with Gasteiger partial charge in [-0.05, 0) is 68.1 Å². The SMILES string of the molecule is COc1ccc(N(CCCC(=O)Nc2ccc(N3CCCCC3)cc2)S(C)(=O)=O)cc1Cl. The van der Waals surface area contributed by atoms with E-state index in [1.807, 2.05) is 24.3 Å². The number of anilines is 3. The molecule has 1 aliphatic rings. The van der Waals surface area contributed by atoms with E-state index >= 15 is 0 Å². The van der Waals surface area contributed by atoms with Gasteiger partial charge in [-0.1, -0.05) is 11.6 Å². The van der Waals surface area contributed by atoms with Crippen molar-refractivity contribution >= 4 is 44.6 Å². The molecule has 1 N–H and O–H groups in total. The van der Waals surface area contributed by atoms with Crippen LogP contribution in [-0.2, 0) is 14.8 Å². The Morgan fingerprint density at radius 2 is 1.81 bits per heavy atom. The van der Waals surface area contributed by atoms with E-state index in [9.17, 15) is 13.2 Å². The molecule has 0 saturated carbocycles. The molecule has 7 nitrogen and oxygen atoms in total. The first-order chi connectivity index (χ1) is 15.3. The number of methoxy groups -OCH3 is 1. The van der Waals surface area contributed by atoms with E-state index < -0.39 is 10.0 Å². The Balaban J connectivity index is 1.54. The first-order valence-corrected chi connectivity index (χ1v) is 13.0. The van der Waals surface area contributed by atoms with Crippen molar-refractivity contribution < 1.29 is 17.9 Å². The first-order valence-electron chi connectivity index (χ1n) is 10.7. The summed E-state index contributed by atoms with van der Waals surface area (Å²) in [6.07, 6.45) is 5.41. The van der Waals surface area contributed by atoms with Crippen molar-refractivity contribution in [2.45, 2.75) is 32.1 Å². The van der Waals surface area contributed by atoms with Crippen LogP contribution in [-0.4, -0.2) is 47.3 Å². The molecular formula is C23H30ClN3O4S. The van der Waals surface area contributed by atoms with Gasteiger partial charge in [-0.2, -0.15) is 0 Å². The van der Waals surface area contributed by atoms with Gasteiger partial charge in [-0.15, -0.1) is 0 Å². The third kappa shape index (κ3) is 6.53. The molecule has 1 saturated heterocycles. The van der Waals surface area contributed by atoms with Crippen molar-refractivity contribution in [2.24, 2.45) is 0 Å². The minimum atomic E-state index is -3.53. The average Bonchev–Trinajstić information content (AvgIpc) is 2.77. The van der Waals surface area contributed by atoms with E-state index in [0.29, 0.717) is 22.9 Å². The first kappa shape index (κ1) is 24.2. The highest BCUT2D eigenvalue weighted by Gasteiger charge is 2.19. The average molecular weight is 480 g/mol. The Labute approximate surface area is 195 Å². The van der Waals surface area contributed by atoms with Gasteiger partial charge in [0.1, 0.15) is 5.75 Å². The lowest BCUT2D eigenvalue weighted by atomic mass is 10.1. The van der Waals surface area contributed by atoms with Crippen LogP contribution in [0.2, 0.25) is 5.02 Å². The number of benzene rings is 2. The fraction of sp³-hybridized carbons (Fsp3) is 0.435. The van der Waals surface area contributed by atoms with Crippen LogP contribution in [0.5, 0.6) is 5.75 Å². The lowest BCUT2D eigenvalue weighted by Crippen LogP contribution is -2.31. The molecule has 0 aliphatic carbocycles. The van der Waals surface area contributed by atoms with E-state index in [0.717, 1.165) is 25.0 Å². The van der Waals surface area contributed by atoms with Gasteiger partial charge in [0.15, 0.2) is 0 Å². The zero-order chi connectivity index (χ0) is 23.1. The van der Waals surface area contributed by atoms with E-state index in [2.05, 4.69) is 10.2 Å². The second kappa shape index (κ2) is 10.9. The van der Waals surface area contributed by atoms with Gasteiger partial charge in [0, 0.05) is 37.4 Å². The predicted molar refractivity (Wildman–Crippen MR) is 131 cm³/mol.